The Balaban J connectivity index is 1.95. The predicted octanol–water partition coefficient (Wildman–Crippen LogP) is 6.22. The number of fused-ring (bicyclic) bond motifs is 6. The van der Waals surface area contributed by atoms with Gasteiger partial charge >= 0.3 is 0 Å². The van der Waals surface area contributed by atoms with Gasteiger partial charge in [-0.1, -0.05) is 78.4 Å². The van der Waals surface area contributed by atoms with Gasteiger partial charge in [-0.25, -0.2) is 9.97 Å². The average molecular weight is 334 g/mol. The van der Waals surface area contributed by atoms with Crippen molar-refractivity contribution in [3.05, 3.63) is 84.1 Å². The lowest BCUT2D eigenvalue weighted by atomic mass is 9.99. The fraction of sp³-hybridized carbons (Fsp3) is 0.0833. The summed E-state index contributed by atoms with van der Waals surface area (Å²) in [5.74, 6) is 0. The number of aryl methyl sites for hydroxylation is 2. The first-order chi connectivity index (χ1) is 12.7. The van der Waals surface area contributed by atoms with Crippen LogP contribution in [0.4, 0.5) is 0 Å². The highest BCUT2D eigenvalue weighted by Gasteiger charge is 2.14. The number of benzene rings is 4. The van der Waals surface area contributed by atoms with E-state index >= 15 is 0 Å². The fourth-order valence-corrected chi connectivity index (χ4v) is 3.73. The molecule has 0 unspecified atom stereocenters. The van der Waals surface area contributed by atoms with Crippen LogP contribution in [0.5, 0.6) is 0 Å². The number of aromatic nitrogens is 2. The molecule has 5 aromatic rings. The molecular formula is C24H18N2. The number of rotatable bonds is 1. The number of hydrogen-bond donors (Lipinski definition) is 0. The Morgan fingerprint density at radius 2 is 1.04 bits per heavy atom. The van der Waals surface area contributed by atoms with E-state index < -0.39 is 0 Å². The third kappa shape index (κ3) is 2.19. The molecule has 1 aromatic heterocycles. The minimum atomic E-state index is 0.956. The van der Waals surface area contributed by atoms with Crippen molar-refractivity contribution in [2.45, 2.75) is 13.8 Å². The molecule has 0 spiro atoms. The van der Waals surface area contributed by atoms with Gasteiger partial charge in [-0.2, -0.15) is 0 Å². The van der Waals surface area contributed by atoms with Crippen LogP contribution < -0.4 is 0 Å². The van der Waals surface area contributed by atoms with E-state index in [-0.39, 0.29) is 0 Å². The topological polar surface area (TPSA) is 25.8 Å². The Hall–Kier alpha value is -3.26. The minimum Gasteiger partial charge on any atom is -0.249 e. The van der Waals surface area contributed by atoms with Gasteiger partial charge in [-0.3, -0.25) is 0 Å². The lowest BCUT2D eigenvalue weighted by molar-refractivity contribution is 1.20. The Morgan fingerprint density at radius 1 is 0.538 bits per heavy atom. The molecule has 4 aromatic carbocycles. The summed E-state index contributed by atoms with van der Waals surface area (Å²) in [7, 11) is 0. The van der Waals surface area contributed by atoms with Crippen molar-refractivity contribution < 1.29 is 0 Å². The summed E-state index contributed by atoms with van der Waals surface area (Å²) in [4.78, 5) is 10.1. The molecule has 0 radical (unpaired) electrons. The standard InChI is InChI=1S/C24H18N2/c1-15-11-13-17(14-12-15)22-16(2)25-23-20-9-5-3-7-18(20)19-8-4-6-10-21(19)24(23)26-22/h3-14H,1-2H3. The summed E-state index contributed by atoms with van der Waals surface area (Å²) in [6.45, 7) is 4.15. The van der Waals surface area contributed by atoms with Crippen molar-refractivity contribution in [2.24, 2.45) is 0 Å². The summed E-state index contributed by atoms with van der Waals surface area (Å²) < 4.78 is 0. The molecule has 0 bridgehead atoms. The van der Waals surface area contributed by atoms with Gasteiger partial charge in [0.05, 0.1) is 22.4 Å². The van der Waals surface area contributed by atoms with Crippen LogP contribution in [0, 0.1) is 13.8 Å². The van der Waals surface area contributed by atoms with Crippen LogP contribution in [0.25, 0.3) is 43.8 Å². The molecule has 0 aliphatic heterocycles. The normalized spacial score (nSPS) is 11.5. The molecule has 2 nitrogen and oxygen atoms in total. The largest absolute Gasteiger partial charge is 0.249 e. The van der Waals surface area contributed by atoms with E-state index in [1.165, 1.54) is 16.3 Å². The first kappa shape index (κ1) is 15.0. The molecule has 0 fully saturated rings. The van der Waals surface area contributed by atoms with Crippen molar-refractivity contribution in [3.8, 4) is 11.3 Å². The molecule has 0 aliphatic rings. The number of hydrogen-bond acceptors (Lipinski definition) is 2. The SMILES string of the molecule is Cc1ccc(-c2nc3c4ccccc4c4ccccc4c3nc2C)cc1. The monoisotopic (exact) mass is 334 g/mol. The van der Waals surface area contributed by atoms with Gasteiger partial charge in [0.25, 0.3) is 0 Å². The van der Waals surface area contributed by atoms with Crippen LogP contribution in [0.1, 0.15) is 11.3 Å². The van der Waals surface area contributed by atoms with E-state index in [1.54, 1.807) is 0 Å². The molecule has 2 heteroatoms. The quantitative estimate of drug-likeness (QED) is 0.340. The molecule has 1 heterocycles. The zero-order valence-corrected chi connectivity index (χ0v) is 14.8. The van der Waals surface area contributed by atoms with E-state index in [0.29, 0.717) is 0 Å². The lowest BCUT2D eigenvalue weighted by Gasteiger charge is -2.12. The Kier molecular flexibility index (Phi) is 3.26. The summed E-state index contributed by atoms with van der Waals surface area (Å²) in [5, 5.41) is 4.77. The molecule has 0 amide bonds. The maximum Gasteiger partial charge on any atom is 0.0979 e. The third-order valence-electron chi connectivity index (χ3n) is 5.05. The van der Waals surface area contributed by atoms with Crippen LogP contribution in [-0.4, -0.2) is 9.97 Å². The number of nitrogens with zero attached hydrogens (tertiary/aromatic N) is 2. The van der Waals surface area contributed by atoms with Crippen LogP contribution >= 0.6 is 0 Å². The smallest absolute Gasteiger partial charge is 0.0979 e. The van der Waals surface area contributed by atoms with Gasteiger partial charge < -0.3 is 0 Å². The molecule has 0 saturated heterocycles. The van der Waals surface area contributed by atoms with E-state index in [9.17, 15) is 0 Å². The first-order valence-electron chi connectivity index (χ1n) is 8.87. The van der Waals surface area contributed by atoms with Gasteiger partial charge in [0, 0.05) is 16.3 Å². The van der Waals surface area contributed by atoms with Gasteiger partial charge in [0.2, 0.25) is 0 Å². The molecule has 0 N–H and O–H groups in total. The summed E-state index contributed by atoms with van der Waals surface area (Å²) in [5.41, 5.74) is 6.23. The Labute approximate surface area is 152 Å². The molecule has 5 rings (SSSR count). The Morgan fingerprint density at radius 3 is 1.62 bits per heavy atom. The third-order valence-corrected chi connectivity index (χ3v) is 5.05. The van der Waals surface area contributed by atoms with Crippen LogP contribution in [0.15, 0.2) is 72.8 Å². The van der Waals surface area contributed by atoms with Crippen LogP contribution in [0.3, 0.4) is 0 Å². The van der Waals surface area contributed by atoms with Gasteiger partial charge in [-0.15, -0.1) is 0 Å². The van der Waals surface area contributed by atoms with E-state index in [4.69, 9.17) is 9.97 Å². The molecule has 0 saturated carbocycles. The van der Waals surface area contributed by atoms with E-state index in [2.05, 4.69) is 79.7 Å². The average Bonchev–Trinajstić information content (AvgIpc) is 2.69. The van der Waals surface area contributed by atoms with Crippen molar-refractivity contribution in [2.75, 3.05) is 0 Å². The maximum atomic E-state index is 5.09. The Bertz CT molecular complexity index is 1280. The maximum absolute atomic E-state index is 5.09. The molecule has 124 valence electrons. The highest BCUT2D eigenvalue weighted by molar-refractivity contribution is 6.23. The molecule has 0 atom stereocenters. The van der Waals surface area contributed by atoms with E-state index in [1.807, 2.05) is 6.92 Å². The summed E-state index contributed by atoms with van der Waals surface area (Å²) in [6.07, 6.45) is 0. The lowest BCUT2D eigenvalue weighted by Crippen LogP contribution is -1.96. The van der Waals surface area contributed by atoms with Crippen molar-refractivity contribution in [3.63, 3.8) is 0 Å². The van der Waals surface area contributed by atoms with Crippen LogP contribution in [-0.2, 0) is 0 Å². The van der Waals surface area contributed by atoms with Crippen molar-refractivity contribution >= 4 is 32.6 Å². The highest BCUT2D eigenvalue weighted by atomic mass is 14.8. The van der Waals surface area contributed by atoms with Gasteiger partial charge in [0.15, 0.2) is 0 Å². The molecule has 26 heavy (non-hydrogen) atoms. The zero-order chi connectivity index (χ0) is 17.7. The first-order valence-corrected chi connectivity index (χ1v) is 8.87. The minimum absolute atomic E-state index is 0.956. The second-order valence-corrected chi connectivity index (χ2v) is 6.81. The van der Waals surface area contributed by atoms with Gasteiger partial charge in [-0.05, 0) is 24.6 Å². The predicted molar refractivity (Wildman–Crippen MR) is 109 cm³/mol. The summed E-state index contributed by atoms with van der Waals surface area (Å²) in [6, 6.07) is 25.4. The fourth-order valence-electron chi connectivity index (χ4n) is 3.73. The van der Waals surface area contributed by atoms with Crippen molar-refractivity contribution in [1.29, 1.82) is 0 Å². The molecule has 0 aliphatic carbocycles. The second-order valence-electron chi connectivity index (χ2n) is 6.81. The second kappa shape index (κ2) is 5.63. The van der Waals surface area contributed by atoms with E-state index in [0.717, 1.165) is 38.8 Å². The molecular weight excluding hydrogens is 316 g/mol. The van der Waals surface area contributed by atoms with Gasteiger partial charge in [0.1, 0.15) is 0 Å². The van der Waals surface area contributed by atoms with Crippen molar-refractivity contribution in [1.82, 2.24) is 9.97 Å². The zero-order valence-electron chi connectivity index (χ0n) is 14.8. The van der Waals surface area contributed by atoms with Crippen LogP contribution in [0.2, 0.25) is 0 Å². The summed E-state index contributed by atoms with van der Waals surface area (Å²) >= 11 is 0. The highest BCUT2D eigenvalue weighted by Crippen LogP contribution is 2.34.